The van der Waals surface area contributed by atoms with E-state index in [4.69, 9.17) is 19.7 Å². The monoisotopic (exact) mass is 311 g/mol. The maximum absolute atomic E-state index is 11.6. The van der Waals surface area contributed by atoms with E-state index in [1.807, 2.05) is 12.1 Å². The van der Waals surface area contributed by atoms with Crippen LogP contribution >= 0.6 is 0 Å². The molecule has 0 aliphatic heterocycles. The fraction of sp³-hybridized carbons (Fsp3) is 0.467. The third-order valence-corrected chi connectivity index (χ3v) is 3.13. The van der Waals surface area contributed by atoms with Crippen LogP contribution in [-0.4, -0.2) is 49.0 Å². The van der Waals surface area contributed by atoms with Gasteiger partial charge in [-0.15, -0.1) is 0 Å². The topological polar surface area (TPSA) is 105 Å². The molecule has 3 N–H and O–H groups in total. The highest BCUT2D eigenvalue weighted by molar-refractivity contribution is 5.83. The number of ether oxygens (including phenoxy) is 2. The Balaban J connectivity index is 2.47. The van der Waals surface area contributed by atoms with E-state index in [0.29, 0.717) is 24.3 Å². The summed E-state index contributed by atoms with van der Waals surface area (Å²) >= 11 is 0. The number of carboxylic acids is 1. The molecule has 7 nitrogen and oxygen atoms in total. The first kappa shape index (κ1) is 17.8. The first-order valence-electron chi connectivity index (χ1n) is 6.85. The Bertz CT molecular complexity index is 517. The third kappa shape index (κ3) is 5.25. The fourth-order valence-corrected chi connectivity index (χ4v) is 1.94. The molecule has 0 aromatic heterocycles. The van der Waals surface area contributed by atoms with E-state index in [0.717, 1.165) is 5.56 Å². The van der Waals surface area contributed by atoms with Gasteiger partial charge in [-0.25, -0.2) is 4.79 Å². The molecule has 0 radical (unpaired) electrons. The molecule has 0 aliphatic rings. The molecule has 0 spiro atoms. The van der Waals surface area contributed by atoms with Gasteiger partial charge in [-0.05, 0) is 30.5 Å². The van der Waals surface area contributed by atoms with Crippen LogP contribution in [0.15, 0.2) is 18.2 Å². The predicted octanol–water partition coefficient (Wildman–Crippen LogP) is 0.588. The molecule has 1 atom stereocenters. The Morgan fingerprint density at radius 2 is 1.91 bits per heavy atom. The summed E-state index contributed by atoms with van der Waals surface area (Å²) in [5.41, 5.74) is 0.988. The van der Waals surface area contributed by atoms with E-state index in [1.165, 1.54) is 0 Å². The smallest absolute Gasteiger partial charge is 0.328 e. The standard InChI is InChI=1S/C15H21NO6/c1-21-12-7-6-10(8-13(12)22-2)4-3-5-14(18)16-11(9-17)15(19)20/h6-8,11,17H,3-5,9H2,1-2H3,(H,16,18)(H,19,20). The first-order valence-corrected chi connectivity index (χ1v) is 6.85. The van der Waals surface area contributed by atoms with Crippen LogP contribution in [0.3, 0.4) is 0 Å². The van der Waals surface area contributed by atoms with Gasteiger partial charge in [-0.2, -0.15) is 0 Å². The van der Waals surface area contributed by atoms with E-state index >= 15 is 0 Å². The molecule has 0 heterocycles. The number of hydrogen-bond donors (Lipinski definition) is 3. The van der Waals surface area contributed by atoms with Gasteiger partial charge in [-0.1, -0.05) is 6.07 Å². The van der Waals surface area contributed by atoms with Gasteiger partial charge in [0, 0.05) is 6.42 Å². The Morgan fingerprint density at radius 3 is 2.45 bits per heavy atom. The predicted molar refractivity (Wildman–Crippen MR) is 79.1 cm³/mol. The zero-order chi connectivity index (χ0) is 16.5. The average molecular weight is 311 g/mol. The molecular formula is C15H21NO6. The molecule has 0 saturated heterocycles. The summed E-state index contributed by atoms with van der Waals surface area (Å²) < 4.78 is 10.3. The van der Waals surface area contributed by atoms with E-state index in [2.05, 4.69) is 5.32 Å². The van der Waals surface area contributed by atoms with Crippen LogP contribution < -0.4 is 14.8 Å². The maximum atomic E-state index is 11.6. The maximum Gasteiger partial charge on any atom is 0.328 e. The van der Waals surface area contributed by atoms with Crippen molar-refractivity contribution in [3.63, 3.8) is 0 Å². The van der Waals surface area contributed by atoms with Gasteiger partial charge in [-0.3, -0.25) is 4.79 Å². The highest BCUT2D eigenvalue weighted by atomic mass is 16.5. The van der Waals surface area contributed by atoms with Crippen molar-refractivity contribution in [2.75, 3.05) is 20.8 Å². The summed E-state index contributed by atoms with van der Waals surface area (Å²) in [6.07, 6.45) is 1.38. The van der Waals surface area contributed by atoms with Crippen LogP contribution in [0.2, 0.25) is 0 Å². The number of amides is 1. The van der Waals surface area contributed by atoms with Gasteiger partial charge in [0.2, 0.25) is 5.91 Å². The van der Waals surface area contributed by atoms with E-state index < -0.39 is 24.5 Å². The van der Waals surface area contributed by atoms with Crippen LogP contribution in [0, 0.1) is 0 Å². The molecule has 1 amide bonds. The highest BCUT2D eigenvalue weighted by Gasteiger charge is 2.18. The summed E-state index contributed by atoms with van der Waals surface area (Å²) in [6, 6.07) is 4.26. The van der Waals surface area contributed by atoms with Gasteiger partial charge < -0.3 is 25.0 Å². The molecule has 1 aromatic carbocycles. The summed E-state index contributed by atoms with van der Waals surface area (Å²) in [4.78, 5) is 22.3. The molecule has 122 valence electrons. The largest absolute Gasteiger partial charge is 0.493 e. The van der Waals surface area contributed by atoms with Gasteiger partial charge in [0.05, 0.1) is 20.8 Å². The van der Waals surface area contributed by atoms with Gasteiger partial charge >= 0.3 is 5.97 Å². The molecule has 1 rings (SSSR count). The minimum absolute atomic E-state index is 0.179. The summed E-state index contributed by atoms with van der Waals surface area (Å²) in [5, 5.41) is 19.8. The quantitative estimate of drug-likeness (QED) is 0.616. The van der Waals surface area contributed by atoms with Crippen LogP contribution in [0.25, 0.3) is 0 Å². The second-order valence-corrected chi connectivity index (χ2v) is 4.68. The molecule has 0 bridgehead atoms. The van der Waals surface area contributed by atoms with Crippen LogP contribution in [0.1, 0.15) is 18.4 Å². The van der Waals surface area contributed by atoms with Gasteiger partial charge in [0.1, 0.15) is 6.04 Å². The normalized spacial score (nSPS) is 11.6. The lowest BCUT2D eigenvalue weighted by Crippen LogP contribution is -2.43. The molecule has 1 unspecified atom stereocenters. The number of carbonyl (C=O) groups excluding carboxylic acids is 1. The zero-order valence-electron chi connectivity index (χ0n) is 12.7. The third-order valence-electron chi connectivity index (χ3n) is 3.13. The Morgan fingerprint density at radius 1 is 1.23 bits per heavy atom. The Hall–Kier alpha value is -2.28. The highest BCUT2D eigenvalue weighted by Crippen LogP contribution is 2.28. The second kappa shape index (κ2) is 8.89. The number of aliphatic hydroxyl groups is 1. The molecule has 0 aliphatic carbocycles. The lowest BCUT2D eigenvalue weighted by Gasteiger charge is -2.12. The lowest BCUT2D eigenvalue weighted by atomic mass is 10.1. The number of benzene rings is 1. The van der Waals surface area contributed by atoms with Crippen molar-refractivity contribution in [3.8, 4) is 11.5 Å². The zero-order valence-corrected chi connectivity index (χ0v) is 12.7. The molecule has 0 saturated carbocycles. The number of aliphatic hydroxyl groups excluding tert-OH is 1. The number of hydrogen-bond acceptors (Lipinski definition) is 5. The van der Waals surface area contributed by atoms with Crippen molar-refractivity contribution in [1.29, 1.82) is 0 Å². The van der Waals surface area contributed by atoms with Crippen molar-refractivity contribution in [1.82, 2.24) is 5.32 Å². The molecule has 22 heavy (non-hydrogen) atoms. The Labute approximate surface area is 128 Å². The van der Waals surface area contributed by atoms with E-state index in [1.54, 1.807) is 20.3 Å². The number of carboxylic acid groups (broad SMARTS) is 1. The molecule has 0 fully saturated rings. The van der Waals surface area contributed by atoms with Crippen molar-refractivity contribution in [2.24, 2.45) is 0 Å². The number of carbonyl (C=O) groups is 2. The van der Waals surface area contributed by atoms with Crippen LogP contribution in [0.4, 0.5) is 0 Å². The first-order chi connectivity index (χ1) is 10.5. The van der Waals surface area contributed by atoms with E-state index in [-0.39, 0.29) is 6.42 Å². The van der Waals surface area contributed by atoms with Crippen molar-refractivity contribution in [2.45, 2.75) is 25.3 Å². The van der Waals surface area contributed by atoms with Crippen molar-refractivity contribution < 1.29 is 29.3 Å². The minimum atomic E-state index is -1.26. The van der Waals surface area contributed by atoms with Crippen molar-refractivity contribution >= 4 is 11.9 Å². The number of methoxy groups -OCH3 is 2. The summed E-state index contributed by atoms with van der Waals surface area (Å²) in [5.74, 6) is -0.399. The number of nitrogens with one attached hydrogen (secondary N) is 1. The molecule has 7 heteroatoms. The number of aliphatic carboxylic acids is 1. The number of rotatable bonds is 9. The summed E-state index contributed by atoms with van der Waals surface area (Å²) in [6.45, 7) is -0.628. The van der Waals surface area contributed by atoms with Gasteiger partial charge in [0.25, 0.3) is 0 Å². The molecular weight excluding hydrogens is 290 g/mol. The second-order valence-electron chi connectivity index (χ2n) is 4.68. The Kier molecular flexibility index (Phi) is 7.18. The average Bonchev–Trinajstić information content (AvgIpc) is 2.52. The van der Waals surface area contributed by atoms with E-state index in [9.17, 15) is 9.59 Å². The van der Waals surface area contributed by atoms with Gasteiger partial charge in [0.15, 0.2) is 11.5 Å². The summed E-state index contributed by atoms with van der Waals surface area (Å²) in [7, 11) is 3.11. The van der Waals surface area contributed by atoms with Crippen molar-refractivity contribution in [3.05, 3.63) is 23.8 Å². The van der Waals surface area contributed by atoms with Crippen LogP contribution in [-0.2, 0) is 16.0 Å². The molecule has 1 aromatic rings. The minimum Gasteiger partial charge on any atom is -0.493 e. The fourth-order valence-electron chi connectivity index (χ4n) is 1.94. The van der Waals surface area contributed by atoms with Crippen LogP contribution in [0.5, 0.6) is 11.5 Å². The SMILES string of the molecule is COc1ccc(CCCC(=O)NC(CO)C(=O)O)cc1OC. The number of aryl methyl sites for hydroxylation is 1. The lowest BCUT2D eigenvalue weighted by molar-refractivity contribution is -0.142.